The number of ether oxygens (including phenoxy) is 1. The number of aromatic nitrogens is 1. The lowest BCUT2D eigenvalue weighted by Crippen LogP contribution is -2.23. The molecule has 0 amide bonds. The quantitative estimate of drug-likeness (QED) is 0.836. The Labute approximate surface area is 140 Å². The summed E-state index contributed by atoms with van der Waals surface area (Å²) in [5, 5.41) is 3.13. The molecule has 1 aromatic carbocycles. The minimum absolute atomic E-state index is 0.0667. The fourth-order valence-electron chi connectivity index (χ4n) is 2.93. The topological polar surface area (TPSA) is 34.1 Å². The predicted molar refractivity (Wildman–Crippen MR) is 79.9 cm³/mol. The van der Waals surface area contributed by atoms with Crippen LogP contribution < -0.4 is 10.1 Å². The molecule has 25 heavy (non-hydrogen) atoms. The first kappa shape index (κ1) is 17.6. The molecule has 1 saturated heterocycles. The van der Waals surface area contributed by atoms with E-state index in [0.717, 1.165) is 6.54 Å². The molecule has 0 radical (unpaired) electrons. The predicted octanol–water partition coefficient (Wildman–Crippen LogP) is 4.11. The highest BCUT2D eigenvalue weighted by molar-refractivity contribution is 5.29. The third kappa shape index (κ3) is 3.73. The van der Waals surface area contributed by atoms with Gasteiger partial charge in [0, 0.05) is 12.5 Å². The van der Waals surface area contributed by atoms with Crippen LogP contribution >= 0.6 is 0 Å². The summed E-state index contributed by atoms with van der Waals surface area (Å²) in [6.07, 6.45) is -4.82. The van der Waals surface area contributed by atoms with Gasteiger partial charge >= 0.3 is 6.18 Å². The SMILES string of the molecule is Fc1cnc(O[C@H](c2ccccc2)C2CCNC2)c(F)c1C(F)(F)F. The molecule has 1 aliphatic rings. The maximum absolute atomic E-state index is 14.2. The molecule has 1 unspecified atom stereocenters. The Hall–Kier alpha value is -2.22. The maximum Gasteiger partial charge on any atom is 0.422 e. The number of benzene rings is 1. The van der Waals surface area contributed by atoms with E-state index < -0.39 is 35.4 Å². The number of alkyl halides is 3. The third-order valence-corrected chi connectivity index (χ3v) is 4.12. The molecule has 1 aliphatic heterocycles. The van der Waals surface area contributed by atoms with E-state index in [9.17, 15) is 22.0 Å². The fourth-order valence-corrected chi connectivity index (χ4v) is 2.93. The first-order valence-corrected chi connectivity index (χ1v) is 7.71. The molecule has 2 atom stereocenters. The van der Waals surface area contributed by atoms with Gasteiger partial charge in [0.05, 0.1) is 6.20 Å². The van der Waals surface area contributed by atoms with Gasteiger partial charge in [-0.1, -0.05) is 30.3 Å². The molecule has 8 heteroatoms. The van der Waals surface area contributed by atoms with Crippen LogP contribution in [0.1, 0.15) is 23.7 Å². The number of rotatable bonds is 4. The van der Waals surface area contributed by atoms with Gasteiger partial charge in [-0.05, 0) is 18.5 Å². The summed E-state index contributed by atoms with van der Waals surface area (Å²) >= 11 is 0. The van der Waals surface area contributed by atoms with E-state index in [1.807, 2.05) is 0 Å². The molecular formula is C17H15F5N2O. The third-order valence-electron chi connectivity index (χ3n) is 4.12. The van der Waals surface area contributed by atoms with Crippen molar-refractivity contribution in [2.24, 2.45) is 5.92 Å². The highest BCUT2D eigenvalue weighted by Crippen LogP contribution is 2.38. The van der Waals surface area contributed by atoms with Crippen molar-refractivity contribution >= 4 is 0 Å². The lowest BCUT2D eigenvalue weighted by Gasteiger charge is -2.25. The molecular weight excluding hydrogens is 343 g/mol. The van der Waals surface area contributed by atoms with Gasteiger partial charge in [0.2, 0.25) is 0 Å². The zero-order valence-corrected chi connectivity index (χ0v) is 13.0. The molecule has 3 rings (SSSR count). The van der Waals surface area contributed by atoms with Crippen molar-refractivity contribution < 1.29 is 26.7 Å². The van der Waals surface area contributed by atoms with E-state index in [1.54, 1.807) is 30.3 Å². The molecule has 0 bridgehead atoms. The summed E-state index contributed by atoms with van der Waals surface area (Å²) in [6, 6.07) is 8.78. The van der Waals surface area contributed by atoms with E-state index in [4.69, 9.17) is 4.74 Å². The molecule has 0 aliphatic carbocycles. The Balaban J connectivity index is 1.98. The van der Waals surface area contributed by atoms with Gasteiger partial charge in [0.15, 0.2) is 11.6 Å². The normalized spacial score (nSPS) is 19.0. The minimum atomic E-state index is -5.17. The van der Waals surface area contributed by atoms with Crippen molar-refractivity contribution in [3.63, 3.8) is 0 Å². The maximum atomic E-state index is 14.2. The zero-order chi connectivity index (χ0) is 18.0. The van der Waals surface area contributed by atoms with E-state index in [1.165, 1.54) is 0 Å². The van der Waals surface area contributed by atoms with Gasteiger partial charge in [-0.15, -0.1) is 0 Å². The van der Waals surface area contributed by atoms with Crippen LogP contribution in [0.2, 0.25) is 0 Å². The Morgan fingerprint density at radius 3 is 2.48 bits per heavy atom. The van der Waals surface area contributed by atoms with Crippen LogP contribution in [-0.4, -0.2) is 18.1 Å². The van der Waals surface area contributed by atoms with Crippen molar-refractivity contribution in [2.45, 2.75) is 18.7 Å². The lowest BCUT2D eigenvalue weighted by molar-refractivity contribution is -0.142. The molecule has 2 heterocycles. The van der Waals surface area contributed by atoms with Gasteiger partial charge in [-0.25, -0.2) is 13.8 Å². The highest BCUT2D eigenvalue weighted by atomic mass is 19.4. The molecule has 0 spiro atoms. The van der Waals surface area contributed by atoms with Gasteiger partial charge in [0.1, 0.15) is 11.7 Å². The summed E-state index contributed by atoms with van der Waals surface area (Å²) < 4.78 is 71.8. The number of hydrogen-bond donors (Lipinski definition) is 1. The molecule has 134 valence electrons. The van der Waals surface area contributed by atoms with Crippen LogP contribution in [0.5, 0.6) is 5.88 Å². The number of nitrogens with one attached hydrogen (secondary N) is 1. The molecule has 1 fully saturated rings. The van der Waals surface area contributed by atoms with Crippen molar-refractivity contribution in [3.8, 4) is 5.88 Å². The van der Waals surface area contributed by atoms with E-state index >= 15 is 0 Å². The lowest BCUT2D eigenvalue weighted by atomic mass is 9.95. The molecule has 0 saturated carbocycles. The molecule has 1 N–H and O–H groups in total. The van der Waals surface area contributed by atoms with Crippen molar-refractivity contribution in [1.29, 1.82) is 0 Å². The number of hydrogen-bond acceptors (Lipinski definition) is 3. The van der Waals surface area contributed by atoms with Crippen LogP contribution in [0, 0.1) is 17.6 Å². The van der Waals surface area contributed by atoms with Gasteiger partial charge < -0.3 is 10.1 Å². The van der Waals surface area contributed by atoms with E-state index in [0.29, 0.717) is 24.7 Å². The van der Waals surface area contributed by atoms with Crippen molar-refractivity contribution in [3.05, 3.63) is 59.3 Å². The first-order chi connectivity index (χ1) is 11.9. The second-order valence-electron chi connectivity index (χ2n) is 5.80. The Bertz CT molecular complexity index is 730. The summed E-state index contributed by atoms with van der Waals surface area (Å²) in [5.74, 6) is -4.52. The Kier molecular flexibility index (Phi) is 4.89. The smallest absolute Gasteiger partial charge is 0.422 e. The fraction of sp³-hybridized carbons (Fsp3) is 0.353. The van der Waals surface area contributed by atoms with Crippen LogP contribution in [-0.2, 0) is 6.18 Å². The van der Waals surface area contributed by atoms with Crippen LogP contribution in [0.15, 0.2) is 36.5 Å². The van der Waals surface area contributed by atoms with Crippen molar-refractivity contribution in [2.75, 3.05) is 13.1 Å². The largest absolute Gasteiger partial charge is 0.467 e. The average molecular weight is 358 g/mol. The minimum Gasteiger partial charge on any atom is -0.467 e. The second kappa shape index (κ2) is 6.95. The summed E-state index contributed by atoms with van der Waals surface area (Å²) in [6.45, 7) is 1.30. The summed E-state index contributed by atoms with van der Waals surface area (Å²) in [4.78, 5) is 3.40. The zero-order valence-electron chi connectivity index (χ0n) is 13.0. The van der Waals surface area contributed by atoms with Crippen LogP contribution in [0.3, 0.4) is 0 Å². The van der Waals surface area contributed by atoms with E-state index in [2.05, 4.69) is 10.3 Å². The Morgan fingerprint density at radius 1 is 1.16 bits per heavy atom. The highest BCUT2D eigenvalue weighted by Gasteiger charge is 2.40. The van der Waals surface area contributed by atoms with Crippen LogP contribution in [0.4, 0.5) is 22.0 Å². The van der Waals surface area contributed by atoms with Crippen LogP contribution in [0.25, 0.3) is 0 Å². The monoisotopic (exact) mass is 358 g/mol. The average Bonchev–Trinajstić information content (AvgIpc) is 3.08. The molecule has 1 aromatic heterocycles. The second-order valence-corrected chi connectivity index (χ2v) is 5.80. The van der Waals surface area contributed by atoms with Gasteiger partial charge in [0.25, 0.3) is 5.88 Å². The Morgan fingerprint density at radius 2 is 1.88 bits per heavy atom. The summed E-state index contributed by atoms with van der Waals surface area (Å²) in [7, 11) is 0. The van der Waals surface area contributed by atoms with E-state index in [-0.39, 0.29) is 5.92 Å². The number of nitrogens with zero attached hydrogens (tertiary/aromatic N) is 1. The number of pyridine rings is 1. The molecule has 3 nitrogen and oxygen atoms in total. The molecule has 2 aromatic rings. The van der Waals surface area contributed by atoms with Crippen molar-refractivity contribution in [1.82, 2.24) is 10.3 Å². The number of halogens is 5. The van der Waals surface area contributed by atoms with Gasteiger partial charge in [-0.2, -0.15) is 13.2 Å². The summed E-state index contributed by atoms with van der Waals surface area (Å²) in [5.41, 5.74) is -1.30. The van der Waals surface area contributed by atoms with Gasteiger partial charge in [-0.3, -0.25) is 0 Å². The first-order valence-electron chi connectivity index (χ1n) is 7.71. The standard InChI is InChI=1S/C17H15F5N2O/c18-12-9-24-16(14(19)13(12)17(20,21)22)25-15(11-6-7-23-8-11)10-4-2-1-3-5-10/h1-5,9,11,15,23H,6-8H2/t11?,15-/m1/s1.